The van der Waals surface area contributed by atoms with Crippen LogP contribution in [-0.2, 0) is 4.74 Å². The molecule has 2 bridgehead atoms. The minimum atomic E-state index is -0.381. The van der Waals surface area contributed by atoms with Gasteiger partial charge in [-0.2, -0.15) is 0 Å². The molecule has 45 heavy (non-hydrogen) atoms. The average molecular weight is 609 g/mol. The zero-order valence-electron chi connectivity index (χ0n) is 25.1. The molecule has 2 aromatic carbocycles. The van der Waals surface area contributed by atoms with Crippen LogP contribution in [0.15, 0.2) is 65.7 Å². The molecule has 4 aliphatic rings. The van der Waals surface area contributed by atoms with Crippen molar-refractivity contribution in [1.29, 1.82) is 0 Å². The first kappa shape index (κ1) is 28.2. The topological polar surface area (TPSA) is 114 Å². The third-order valence-corrected chi connectivity index (χ3v) is 9.76. The van der Waals surface area contributed by atoms with Crippen molar-refractivity contribution in [3.63, 3.8) is 0 Å². The normalized spacial score (nSPS) is 22.6. The number of anilines is 2. The maximum atomic E-state index is 16.1. The maximum Gasteiger partial charge on any atom is 0.261 e. The summed E-state index contributed by atoms with van der Waals surface area (Å²) in [6.45, 7) is 6.46. The van der Waals surface area contributed by atoms with Crippen LogP contribution in [0.1, 0.15) is 24.4 Å². The fraction of sp³-hybridized carbons (Fsp3) is 0.382. The Morgan fingerprint density at radius 2 is 1.87 bits per heavy atom. The Bertz CT molecular complexity index is 1850. The SMILES string of the molecule is O=c1[nH]c2cc(NCC(c3cccnc3)N3CCOCC3)c(F)cc2c(N[C@H]2CN3CCC2CC3)c1-c1nc2ccccc2[nH]1. The first-order valence-corrected chi connectivity index (χ1v) is 15.9. The molecule has 9 rings (SSSR count). The van der Waals surface area contributed by atoms with Crippen LogP contribution in [0, 0.1) is 11.7 Å². The third-order valence-electron chi connectivity index (χ3n) is 9.76. The van der Waals surface area contributed by atoms with E-state index in [0.29, 0.717) is 59.3 Å². The Labute approximate surface area is 260 Å². The van der Waals surface area contributed by atoms with Crippen molar-refractivity contribution in [2.45, 2.75) is 24.9 Å². The molecular formula is C34H37FN8O2. The van der Waals surface area contributed by atoms with Crippen LogP contribution in [0.3, 0.4) is 0 Å². The molecule has 7 heterocycles. The second-order valence-corrected chi connectivity index (χ2v) is 12.4. The summed E-state index contributed by atoms with van der Waals surface area (Å²) in [7, 11) is 0. The van der Waals surface area contributed by atoms with Gasteiger partial charge in [0.15, 0.2) is 0 Å². The smallest absolute Gasteiger partial charge is 0.261 e. The molecule has 4 fully saturated rings. The summed E-state index contributed by atoms with van der Waals surface area (Å²) in [5.74, 6) is 0.591. The van der Waals surface area contributed by atoms with E-state index in [0.717, 1.165) is 62.2 Å². The van der Waals surface area contributed by atoms with E-state index in [1.54, 1.807) is 12.3 Å². The van der Waals surface area contributed by atoms with Crippen LogP contribution in [0.5, 0.6) is 0 Å². The Hall–Kier alpha value is -4.32. The number of pyridine rings is 2. The Kier molecular flexibility index (Phi) is 7.44. The molecule has 3 aromatic heterocycles. The fourth-order valence-corrected chi connectivity index (χ4v) is 7.34. The van der Waals surface area contributed by atoms with Gasteiger partial charge in [0.2, 0.25) is 0 Å². The lowest BCUT2D eigenvalue weighted by atomic mass is 9.83. The van der Waals surface area contributed by atoms with E-state index >= 15 is 4.39 Å². The van der Waals surface area contributed by atoms with E-state index in [1.807, 2.05) is 36.5 Å². The van der Waals surface area contributed by atoms with E-state index in [2.05, 4.69) is 41.5 Å². The number of aromatic amines is 2. The highest BCUT2D eigenvalue weighted by molar-refractivity contribution is 6.00. The number of nitrogens with one attached hydrogen (secondary N) is 4. The molecule has 0 radical (unpaired) electrons. The van der Waals surface area contributed by atoms with Crippen molar-refractivity contribution in [2.75, 3.05) is 63.1 Å². The lowest BCUT2D eigenvalue weighted by molar-refractivity contribution is 0.0186. The molecule has 0 saturated carbocycles. The molecule has 2 atom stereocenters. The van der Waals surface area contributed by atoms with Crippen molar-refractivity contribution < 1.29 is 9.13 Å². The summed E-state index contributed by atoms with van der Waals surface area (Å²) in [6, 6.07) is 15.1. The van der Waals surface area contributed by atoms with Gasteiger partial charge in [-0.25, -0.2) is 9.37 Å². The number of benzene rings is 2. The number of para-hydroxylation sites is 2. The molecule has 4 aliphatic heterocycles. The van der Waals surface area contributed by atoms with E-state index in [-0.39, 0.29) is 23.5 Å². The number of imidazole rings is 1. The summed E-state index contributed by atoms with van der Waals surface area (Å²) < 4.78 is 21.6. The summed E-state index contributed by atoms with van der Waals surface area (Å²) in [5.41, 5.74) is 4.33. The maximum absolute atomic E-state index is 16.1. The number of nitrogens with zero attached hydrogens (tertiary/aromatic N) is 4. The summed E-state index contributed by atoms with van der Waals surface area (Å²) in [5, 5.41) is 7.72. The Morgan fingerprint density at radius 3 is 2.62 bits per heavy atom. The quantitative estimate of drug-likeness (QED) is 0.202. The van der Waals surface area contributed by atoms with Crippen LogP contribution in [-0.4, -0.2) is 88.3 Å². The molecular weight excluding hydrogens is 571 g/mol. The number of piperidine rings is 3. The summed E-state index contributed by atoms with van der Waals surface area (Å²) in [6.07, 6.45) is 5.85. The van der Waals surface area contributed by atoms with E-state index in [9.17, 15) is 4.79 Å². The minimum Gasteiger partial charge on any atom is -0.381 e. The molecule has 0 spiro atoms. The van der Waals surface area contributed by atoms with Crippen molar-refractivity contribution in [3.8, 4) is 11.4 Å². The van der Waals surface area contributed by atoms with Gasteiger partial charge in [0.05, 0.1) is 47.2 Å². The standard InChI is InChI=1S/C34H37FN8O2/c35-24-16-23-27(17-28(24)37-19-30(22-4-3-9-36-18-22)43-12-14-45-15-13-43)41-34(44)31(33-39-25-5-1-2-6-26(25)40-33)32(23)38-29-20-42-10-7-21(29)8-11-42/h1-6,9,16-18,21,29-30,37H,7-8,10-15,19-20H2,(H,39,40)(H2,38,41,44)/t29-,30?/m0/s1. The Morgan fingerprint density at radius 1 is 1.02 bits per heavy atom. The second-order valence-electron chi connectivity index (χ2n) is 12.4. The molecule has 232 valence electrons. The van der Waals surface area contributed by atoms with Gasteiger partial charge in [0, 0.05) is 50.0 Å². The summed E-state index contributed by atoms with van der Waals surface area (Å²) >= 11 is 0. The van der Waals surface area contributed by atoms with Gasteiger partial charge in [-0.15, -0.1) is 0 Å². The third kappa shape index (κ3) is 5.45. The van der Waals surface area contributed by atoms with Gasteiger partial charge in [-0.1, -0.05) is 18.2 Å². The van der Waals surface area contributed by atoms with E-state index in [1.165, 1.54) is 6.07 Å². The van der Waals surface area contributed by atoms with Crippen LogP contribution in [0.25, 0.3) is 33.3 Å². The molecule has 0 aliphatic carbocycles. The van der Waals surface area contributed by atoms with Crippen molar-refractivity contribution >= 4 is 33.3 Å². The number of hydrogen-bond donors (Lipinski definition) is 4. The molecule has 10 nitrogen and oxygen atoms in total. The monoisotopic (exact) mass is 608 g/mol. The van der Waals surface area contributed by atoms with Gasteiger partial charge in [0.1, 0.15) is 17.2 Å². The van der Waals surface area contributed by atoms with Crippen molar-refractivity contribution in [1.82, 2.24) is 29.7 Å². The predicted octanol–water partition coefficient (Wildman–Crippen LogP) is 4.60. The first-order chi connectivity index (χ1) is 22.1. The zero-order valence-corrected chi connectivity index (χ0v) is 25.1. The number of morpholine rings is 1. The number of fused-ring (bicyclic) bond motifs is 5. The highest BCUT2D eigenvalue weighted by Crippen LogP contribution is 2.37. The van der Waals surface area contributed by atoms with Gasteiger partial charge < -0.3 is 30.2 Å². The van der Waals surface area contributed by atoms with Gasteiger partial charge >= 0.3 is 0 Å². The number of aromatic nitrogens is 4. The largest absolute Gasteiger partial charge is 0.381 e. The van der Waals surface area contributed by atoms with Gasteiger partial charge in [-0.3, -0.25) is 14.7 Å². The van der Waals surface area contributed by atoms with Gasteiger partial charge in [0.25, 0.3) is 5.56 Å². The van der Waals surface area contributed by atoms with Crippen LogP contribution in [0.4, 0.5) is 15.8 Å². The summed E-state index contributed by atoms with van der Waals surface area (Å²) in [4.78, 5) is 34.2. The second kappa shape index (κ2) is 11.9. The average Bonchev–Trinajstić information content (AvgIpc) is 3.51. The number of hydrogen-bond acceptors (Lipinski definition) is 8. The molecule has 5 aromatic rings. The first-order valence-electron chi connectivity index (χ1n) is 15.9. The number of halogens is 1. The zero-order chi connectivity index (χ0) is 30.3. The predicted molar refractivity (Wildman–Crippen MR) is 174 cm³/mol. The lowest BCUT2D eigenvalue weighted by Crippen LogP contribution is -2.53. The lowest BCUT2D eigenvalue weighted by Gasteiger charge is -2.45. The van der Waals surface area contributed by atoms with Gasteiger partial charge in [-0.05, 0) is 67.7 Å². The minimum absolute atomic E-state index is 0.0128. The van der Waals surface area contributed by atoms with E-state index < -0.39 is 0 Å². The highest BCUT2D eigenvalue weighted by Gasteiger charge is 2.35. The Balaban J connectivity index is 1.18. The molecule has 4 N–H and O–H groups in total. The van der Waals surface area contributed by atoms with E-state index in [4.69, 9.17) is 9.72 Å². The van der Waals surface area contributed by atoms with Crippen LogP contribution < -0.4 is 16.2 Å². The number of ether oxygens (including phenoxy) is 1. The van der Waals surface area contributed by atoms with Crippen LogP contribution >= 0.6 is 0 Å². The fourth-order valence-electron chi connectivity index (χ4n) is 7.34. The van der Waals surface area contributed by atoms with Crippen molar-refractivity contribution in [2.24, 2.45) is 5.92 Å². The van der Waals surface area contributed by atoms with Crippen LogP contribution in [0.2, 0.25) is 0 Å². The molecule has 4 saturated heterocycles. The number of H-pyrrole nitrogens is 2. The van der Waals surface area contributed by atoms with Crippen molar-refractivity contribution in [3.05, 3.63) is 82.7 Å². The molecule has 0 amide bonds. The molecule has 1 unspecified atom stereocenters. The number of rotatable bonds is 8. The molecule has 11 heteroatoms. The highest BCUT2D eigenvalue weighted by atomic mass is 19.1.